The first kappa shape index (κ1) is 23.8. The van der Waals surface area contributed by atoms with Crippen LogP contribution in [0, 0.1) is 11.3 Å². The largest absolute Gasteiger partial charge is 0.384 e. The lowest BCUT2D eigenvalue weighted by atomic mass is 9.66. The highest BCUT2D eigenvalue weighted by atomic mass is 35.5. The molecule has 1 heterocycles. The molecule has 5 nitrogen and oxygen atoms in total. The van der Waals surface area contributed by atoms with Crippen molar-refractivity contribution in [2.45, 2.75) is 57.6 Å². The highest BCUT2D eigenvalue weighted by molar-refractivity contribution is 6.30. The minimum atomic E-state index is -1.05. The lowest BCUT2D eigenvalue weighted by Crippen LogP contribution is -2.60. The summed E-state index contributed by atoms with van der Waals surface area (Å²) >= 11 is 6.04. The van der Waals surface area contributed by atoms with E-state index in [9.17, 15) is 14.7 Å². The second kappa shape index (κ2) is 8.77. The van der Waals surface area contributed by atoms with E-state index in [0.29, 0.717) is 30.1 Å². The van der Waals surface area contributed by atoms with Gasteiger partial charge in [-0.05, 0) is 56.0 Å². The minimum Gasteiger partial charge on any atom is -0.384 e. The molecule has 0 spiro atoms. The van der Waals surface area contributed by atoms with Crippen molar-refractivity contribution in [2.75, 3.05) is 13.1 Å². The number of carbonyl (C=O) groups excluding carboxylic acids is 2. The van der Waals surface area contributed by atoms with Gasteiger partial charge in [0.05, 0.1) is 11.5 Å². The Morgan fingerprint density at radius 2 is 1.70 bits per heavy atom. The molecule has 1 saturated heterocycles. The molecule has 2 N–H and O–H groups in total. The van der Waals surface area contributed by atoms with Crippen molar-refractivity contribution in [1.82, 2.24) is 10.2 Å². The molecule has 6 heteroatoms. The highest BCUT2D eigenvalue weighted by Crippen LogP contribution is 2.47. The summed E-state index contributed by atoms with van der Waals surface area (Å²) in [5, 5.41) is 15.4. The second-order valence-corrected chi connectivity index (χ2v) is 10.9. The molecule has 1 aliphatic heterocycles. The minimum absolute atomic E-state index is 0.0644. The summed E-state index contributed by atoms with van der Waals surface area (Å²) in [4.78, 5) is 28.4. The molecule has 0 radical (unpaired) electrons. The van der Waals surface area contributed by atoms with E-state index in [2.05, 4.69) is 5.32 Å². The number of halogens is 1. The van der Waals surface area contributed by atoms with Crippen LogP contribution in [0.15, 0.2) is 54.6 Å². The van der Waals surface area contributed by atoms with E-state index in [-0.39, 0.29) is 17.7 Å². The number of nitrogens with zero attached hydrogens (tertiary/aromatic N) is 1. The van der Waals surface area contributed by atoms with Crippen molar-refractivity contribution in [3.8, 4) is 0 Å². The van der Waals surface area contributed by atoms with Crippen LogP contribution in [0.25, 0.3) is 0 Å². The molecule has 4 rings (SSSR count). The smallest absolute Gasteiger partial charge is 0.251 e. The number of amides is 2. The summed E-state index contributed by atoms with van der Waals surface area (Å²) in [5.74, 6) is -0.355. The Bertz CT molecular complexity index is 1020. The van der Waals surface area contributed by atoms with Crippen molar-refractivity contribution in [3.05, 3.63) is 70.7 Å². The van der Waals surface area contributed by atoms with E-state index in [1.165, 1.54) is 0 Å². The van der Waals surface area contributed by atoms with E-state index < -0.39 is 16.6 Å². The van der Waals surface area contributed by atoms with Crippen molar-refractivity contribution < 1.29 is 14.7 Å². The van der Waals surface area contributed by atoms with Crippen LogP contribution in [0.4, 0.5) is 0 Å². The number of hydrogen-bond donors (Lipinski definition) is 2. The lowest BCUT2D eigenvalue weighted by molar-refractivity contribution is -0.158. The van der Waals surface area contributed by atoms with Gasteiger partial charge in [-0.25, -0.2) is 0 Å². The Kier molecular flexibility index (Phi) is 6.32. The Labute approximate surface area is 201 Å². The summed E-state index contributed by atoms with van der Waals surface area (Å²) in [5.41, 5.74) is -0.752. The molecule has 1 aliphatic carbocycles. The number of carbonyl (C=O) groups is 2. The average Bonchev–Trinajstić information content (AvgIpc) is 3.17. The van der Waals surface area contributed by atoms with Crippen LogP contribution in [0.5, 0.6) is 0 Å². The van der Waals surface area contributed by atoms with E-state index in [0.717, 1.165) is 24.8 Å². The molecule has 3 atom stereocenters. The summed E-state index contributed by atoms with van der Waals surface area (Å²) < 4.78 is 0. The number of hydrogen-bond acceptors (Lipinski definition) is 3. The van der Waals surface area contributed by atoms with Crippen LogP contribution in [-0.4, -0.2) is 40.4 Å². The molecule has 0 aromatic heterocycles. The molecule has 0 bridgehead atoms. The van der Waals surface area contributed by atoms with Gasteiger partial charge >= 0.3 is 0 Å². The maximum atomic E-state index is 13.7. The Morgan fingerprint density at radius 3 is 2.33 bits per heavy atom. The SMILES string of the molecule is CC1(C)CN(C(=O)[C@H]2CCC[C@@]2(C)NC(=O)c2ccccc2)CCC1(O)c1ccc(Cl)cc1. The van der Waals surface area contributed by atoms with E-state index in [4.69, 9.17) is 11.6 Å². The molecule has 2 aliphatic rings. The van der Waals surface area contributed by atoms with Gasteiger partial charge in [-0.2, -0.15) is 0 Å². The van der Waals surface area contributed by atoms with Gasteiger partial charge in [0.25, 0.3) is 5.91 Å². The maximum Gasteiger partial charge on any atom is 0.251 e. The number of piperidine rings is 1. The summed E-state index contributed by atoms with van der Waals surface area (Å²) in [6.45, 7) is 6.92. The number of aliphatic hydroxyl groups is 1. The van der Waals surface area contributed by atoms with Crippen molar-refractivity contribution >= 4 is 23.4 Å². The maximum absolute atomic E-state index is 13.7. The number of benzene rings is 2. The van der Waals surface area contributed by atoms with Crippen LogP contribution in [0.3, 0.4) is 0 Å². The van der Waals surface area contributed by atoms with Gasteiger partial charge in [-0.15, -0.1) is 0 Å². The standard InChI is InChI=1S/C27H33ClN2O3/c1-25(2)18-30(17-16-27(25,33)20-11-13-21(28)14-12-20)24(32)22-10-7-15-26(22,3)29-23(31)19-8-5-4-6-9-19/h4-6,8-9,11-14,22,33H,7,10,15-18H2,1-3H3,(H,29,31)/t22-,26-,27?/m1/s1. The fourth-order valence-electron chi connectivity index (χ4n) is 5.62. The first-order valence-electron chi connectivity index (χ1n) is 11.7. The topological polar surface area (TPSA) is 69.6 Å². The van der Waals surface area contributed by atoms with Gasteiger partial charge in [0, 0.05) is 34.6 Å². The molecule has 2 aromatic carbocycles. The van der Waals surface area contributed by atoms with Crippen molar-refractivity contribution in [3.63, 3.8) is 0 Å². The normalized spacial score (nSPS) is 29.0. The van der Waals surface area contributed by atoms with E-state index >= 15 is 0 Å². The third-order valence-electron chi connectivity index (χ3n) is 7.77. The summed E-state index contributed by atoms with van der Waals surface area (Å²) in [7, 11) is 0. The summed E-state index contributed by atoms with van der Waals surface area (Å²) in [6.07, 6.45) is 2.87. The lowest BCUT2D eigenvalue weighted by Gasteiger charge is -2.51. The number of nitrogens with one attached hydrogen (secondary N) is 1. The Morgan fingerprint density at radius 1 is 1.03 bits per heavy atom. The molecule has 2 fully saturated rings. The first-order valence-corrected chi connectivity index (χ1v) is 12.1. The average molecular weight is 469 g/mol. The van der Waals surface area contributed by atoms with Gasteiger partial charge in [0.1, 0.15) is 0 Å². The number of rotatable bonds is 4. The van der Waals surface area contributed by atoms with Gasteiger partial charge in [-0.1, -0.05) is 62.2 Å². The molecule has 2 amide bonds. The molecule has 1 unspecified atom stereocenters. The quantitative estimate of drug-likeness (QED) is 0.678. The van der Waals surface area contributed by atoms with Crippen LogP contribution >= 0.6 is 11.6 Å². The first-order chi connectivity index (χ1) is 15.6. The summed E-state index contributed by atoms with van der Waals surface area (Å²) in [6, 6.07) is 16.5. The fraction of sp³-hybridized carbons (Fsp3) is 0.481. The van der Waals surface area contributed by atoms with Crippen LogP contribution in [0.1, 0.15) is 62.4 Å². The molecule has 176 valence electrons. The zero-order chi connectivity index (χ0) is 23.9. The molecule has 2 aromatic rings. The second-order valence-electron chi connectivity index (χ2n) is 10.4. The van der Waals surface area contributed by atoms with Crippen LogP contribution < -0.4 is 5.32 Å². The molecule has 1 saturated carbocycles. The van der Waals surface area contributed by atoms with Crippen LogP contribution in [0.2, 0.25) is 5.02 Å². The molecule has 33 heavy (non-hydrogen) atoms. The Balaban J connectivity index is 1.50. The number of likely N-dealkylation sites (tertiary alicyclic amines) is 1. The third-order valence-corrected chi connectivity index (χ3v) is 8.03. The predicted octanol–water partition coefficient (Wildman–Crippen LogP) is 4.77. The fourth-order valence-corrected chi connectivity index (χ4v) is 5.75. The van der Waals surface area contributed by atoms with Gasteiger partial charge in [0.2, 0.25) is 5.91 Å². The zero-order valence-corrected chi connectivity index (χ0v) is 20.4. The predicted molar refractivity (Wildman–Crippen MR) is 130 cm³/mol. The highest BCUT2D eigenvalue weighted by Gasteiger charge is 2.52. The third kappa shape index (κ3) is 4.41. The molecular formula is C27H33ClN2O3. The van der Waals surface area contributed by atoms with Crippen molar-refractivity contribution in [2.24, 2.45) is 11.3 Å². The van der Waals surface area contributed by atoms with Gasteiger partial charge in [-0.3, -0.25) is 9.59 Å². The van der Waals surface area contributed by atoms with Crippen LogP contribution in [-0.2, 0) is 10.4 Å². The van der Waals surface area contributed by atoms with E-state index in [1.807, 2.05) is 56.0 Å². The molecular weight excluding hydrogens is 436 g/mol. The zero-order valence-electron chi connectivity index (χ0n) is 19.6. The van der Waals surface area contributed by atoms with Crippen molar-refractivity contribution in [1.29, 1.82) is 0 Å². The van der Waals surface area contributed by atoms with Gasteiger partial charge < -0.3 is 15.3 Å². The van der Waals surface area contributed by atoms with E-state index in [1.54, 1.807) is 24.3 Å². The monoisotopic (exact) mass is 468 g/mol. The van der Waals surface area contributed by atoms with Gasteiger partial charge in [0.15, 0.2) is 0 Å². The Hall–Kier alpha value is -2.37.